The van der Waals surface area contributed by atoms with E-state index in [0.29, 0.717) is 18.6 Å². The molecule has 214 valence electrons. The van der Waals surface area contributed by atoms with Gasteiger partial charge in [0, 0.05) is 18.2 Å². The molecule has 1 N–H and O–H groups in total. The fourth-order valence-corrected chi connectivity index (χ4v) is 4.48. The second-order valence-corrected chi connectivity index (χ2v) is 8.88. The molecule has 2 aromatic rings. The van der Waals surface area contributed by atoms with Gasteiger partial charge in [-0.2, -0.15) is 39.5 Å². The highest BCUT2D eigenvalue weighted by atomic mass is 19.4. The number of alkyl halides is 9. The monoisotopic (exact) mass is 570 g/mol. The van der Waals surface area contributed by atoms with Crippen molar-refractivity contribution < 1.29 is 53.8 Å². The van der Waals surface area contributed by atoms with Crippen molar-refractivity contribution in [1.29, 1.82) is 0 Å². The van der Waals surface area contributed by atoms with Gasteiger partial charge < -0.3 is 10.1 Å². The Morgan fingerprint density at radius 3 is 1.92 bits per heavy atom. The maximum absolute atomic E-state index is 13.5. The van der Waals surface area contributed by atoms with Crippen LogP contribution in [0.3, 0.4) is 0 Å². The van der Waals surface area contributed by atoms with Gasteiger partial charge in [-0.25, -0.2) is 4.79 Å². The second kappa shape index (κ2) is 11.0. The molecule has 0 spiro atoms. The molecule has 1 aliphatic rings. The predicted molar refractivity (Wildman–Crippen MR) is 122 cm³/mol. The molecule has 0 aliphatic carbocycles. The zero-order valence-corrected chi connectivity index (χ0v) is 20.5. The lowest BCUT2D eigenvalue weighted by Crippen LogP contribution is -2.45. The van der Waals surface area contributed by atoms with E-state index < -0.39 is 71.3 Å². The fourth-order valence-electron chi connectivity index (χ4n) is 4.48. The highest BCUT2D eigenvalue weighted by Crippen LogP contribution is 2.44. The maximum atomic E-state index is 13.5. The van der Waals surface area contributed by atoms with Crippen LogP contribution in [-0.4, -0.2) is 24.6 Å². The lowest BCUT2D eigenvalue weighted by Gasteiger charge is -2.40. The van der Waals surface area contributed by atoms with Gasteiger partial charge in [0.15, 0.2) is 0 Å². The van der Waals surface area contributed by atoms with Crippen LogP contribution in [0.1, 0.15) is 61.3 Å². The third-order valence-electron chi connectivity index (χ3n) is 6.21. The van der Waals surface area contributed by atoms with E-state index in [1.807, 2.05) is 5.32 Å². The summed E-state index contributed by atoms with van der Waals surface area (Å²) in [7, 11) is 0. The van der Waals surface area contributed by atoms with Crippen molar-refractivity contribution in [1.82, 2.24) is 0 Å². The molecule has 2 aromatic carbocycles. The van der Waals surface area contributed by atoms with E-state index in [1.54, 1.807) is 13.8 Å². The molecule has 0 unspecified atom stereocenters. The van der Waals surface area contributed by atoms with Crippen LogP contribution in [0, 0.1) is 0 Å². The van der Waals surface area contributed by atoms with Crippen molar-refractivity contribution in [3.8, 4) is 0 Å². The molecule has 14 heteroatoms. The molecule has 2 amide bonds. The Kier molecular flexibility index (Phi) is 8.46. The van der Waals surface area contributed by atoms with Gasteiger partial charge in [-0.05, 0) is 67.6 Å². The van der Waals surface area contributed by atoms with Crippen LogP contribution in [0.2, 0.25) is 0 Å². The highest BCUT2D eigenvalue weighted by Gasteiger charge is 2.40. The van der Waals surface area contributed by atoms with Crippen LogP contribution >= 0.6 is 0 Å². The third kappa shape index (κ3) is 6.95. The van der Waals surface area contributed by atoms with Gasteiger partial charge in [-0.15, -0.1) is 0 Å². The van der Waals surface area contributed by atoms with Crippen LogP contribution in [0.15, 0.2) is 36.4 Å². The first-order chi connectivity index (χ1) is 18.0. The molecule has 0 saturated heterocycles. The van der Waals surface area contributed by atoms with Gasteiger partial charge in [-0.3, -0.25) is 9.69 Å². The van der Waals surface area contributed by atoms with Crippen LogP contribution in [0.25, 0.3) is 0 Å². The summed E-state index contributed by atoms with van der Waals surface area (Å²) >= 11 is 0. The SMILES string of the molecule is CCOC(=O)N1c2ccc(C(F)(F)F)cc2[C@@H](CC(=O)Nc2cc(C(F)(F)F)cc(C(F)(F)F)c2)C[C@H]1CC. The summed E-state index contributed by atoms with van der Waals surface area (Å²) in [4.78, 5) is 26.6. The number of fused-ring (bicyclic) bond motifs is 1. The number of halogens is 9. The Morgan fingerprint density at radius 1 is 0.872 bits per heavy atom. The van der Waals surface area contributed by atoms with E-state index >= 15 is 0 Å². The topological polar surface area (TPSA) is 58.6 Å². The van der Waals surface area contributed by atoms with Crippen molar-refractivity contribution in [2.45, 2.75) is 63.6 Å². The van der Waals surface area contributed by atoms with E-state index in [9.17, 15) is 49.1 Å². The second-order valence-electron chi connectivity index (χ2n) is 8.88. The zero-order chi connectivity index (χ0) is 29.3. The minimum Gasteiger partial charge on any atom is -0.449 e. The summed E-state index contributed by atoms with van der Waals surface area (Å²) in [5, 5.41) is 2.01. The van der Waals surface area contributed by atoms with Gasteiger partial charge in [0.25, 0.3) is 0 Å². The Hall–Kier alpha value is -3.45. The third-order valence-corrected chi connectivity index (χ3v) is 6.21. The number of anilines is 2. The molecule has 0 bridgehead atoms. The van der Waals surface area contributed by atoms with Crippen molar-refractivity contribution in [3.63, 3.8) is 0 Å². The number of hydrogen-bond acceptors (Lipinski definition) is 3. The van der Waals surface area contributed by atoms with E-state index in [1.165, 1.54) is 4.90 Å². The van der Waals surface area contributed by atoms with Crippen LogP contribution in [0.4, 0.5) is 55.7 Å². The first-order valence-corrected chi connectivity index (χ1v) is 11.7. The predicted octanol–water partition coefficient (Wildman–Crippen LogP) is 8.00. The largest absolute Gasteiger partial charge is 0.449 e. The number of hydrogen-bond donors (Lipinski definition) is 1. The van der Waals surface area contributed by atoms with Gasteiger partial charge in [0.2, 0.25) is 5.91 Å². The molecule has 0 aromatic heterocycles. The van der Waals surface area contributed by atoms with Crippen molar-refractivity contribution >= 4 is 23.4 Å². The smallest absolute Gasteiger partial charge is 0.416 e. The summed E-state index contributed by atoms with van der Waals surface area (Å²) in [6, 6.07) is 2.59. The van der Waals surface area contributed by atoms with E-state index in [4.69, 9.17) is 4.74 Å². The summed E-state index contributed by atoms with van der Waals surface area (Å²) in [5.41, 5.74) is -5.07. The number of ether oxygens (including phenoxy) is 1. The number of rotatable bonds is 5. The molecular formula is C25H23F9N2O3. The van der Waals surface area contributed by atoms with Gasteiger partial charge >= 0.3 is 24.6 Å². The van der Waals surface area contributed by atoms with Crippen LogP contribution < -0.4 is 10.2 Å². The Balaban J connectivity index is 1.99. The Bertz CT molecular complexity index is 1190. The van der Waals surface area contributed by atoms with Crippen LogP contribution in [-0.2, 0) is 28.1 Å². The summed E-state index contributed by atoms with van der Waals surface area (Å²) in [6.07, 6.45) is -16.1. The average molecular weight is 570 g/mol. The molecule has 5 nitrogen and oxygen atoms in total. The minimum absolute atomic E-state index is 0.00651. The summed E-state index contributed by atoms with van der Waals surface area (Å²) in [5.74, 6) is -1.96. The quantitative estimate of drug-likeness (QED) is 0.371. The fraction of sp³-hybridized carbons (Fsp3) is 0.440. The van der Waals surface area contributed by atoms with Crippen molar-refractivity contribution in [3.05, 3.63) is 58.7 Å². The Morgan fingerprint density at radius 2 is 1.44 bits per heavy atom. The van der Waals surface area contributed by atoms with E-state index in [0.717, 1.165) is 18.2 Å². The molecule has 0 radical (unpaired) electrons. The lowest BCUT2D eigenvalue weighted by atomic mass is 9.81. The average Bonchev–Trinajstić information content (AvgIpc) is 2.81. The summed E-state index contributed by atoms with van der Waals surface area (Å²) < 4.78 is 124. The normalized spacial score (nSPS) is 18.0. The van der Waals surface area contributed by atoms with E-state index in [2.05, 4.69) is 0 Å². The standard InChI is InChI=1S/C25H23F9N2O3/c1-3-18-7-13(19-12-14(23(26,27)28)5-6-20(19)36(18)22(38)39-4-2)8-21(37)35-17-10-15(24(29,30)31)9-16(11-17)25(32,33)34/h5-6,9-13,18H,3-4,7-8H2,1-2H3,(H,35,37)/t13-,18-/m1/s1. The van der Waals surface area contributed by atoms with E-state index in [-0.39, 0.29) is 30.3 Å². The molecule has 2 atom stereocenters. The van der Waals surface area contributed by atoms with Gasteiger partial charge in [-0.1, -0.05) is 6.92 Å². The molecular weight excluding hydrogens is 547 g/mol. The number of carbonyl (C=O) groups excluding carboxylic acids is 2. The minimum atomic E-state index is -5.14. The highest BCUT2D eigenvalue weighted by molar-refractivity contribution is 5.93. The number of benzene rings is 2. The first kappa shape index (κ1) is 30.1. The molecule has 3 rings (SSSR count). The van der Waals surface area contributed by atoms with Crippen molar-refractivity contribution in [2.24, 2.45) is 0 Å². The first-order valence-electron chi connectivity index (χ1n) is 11.7. The van der Waals surface area contributed by atoms with Gasteiger partial charge in [0.05, 0.1) is 29.0 Å². The Labute approximate surface area is 216 Å². The molecule has 0 saturated carbocycles. The lowest BCUT2D eigenvalue weighted by molar-refractivity contribution is -0.143. The number of carbonyl (C=O) groups is 2. The van der Waals surface area contributed by atoms with Gasteiger partial charge in [0.1, 0.15) is 0 Å². The number of amides is 2. The molecule has 39 heavy (non-hydrogen) atoms. The number of nitrogens with zero attached hydrogens (tertiary/aromatic N) is 1. The molecule has 0 fully saturated rings. The summed E-state index contributed by atoms with van der Waals surface area (Å²) in [6.45, 7) is 3.23. The molecule has 1 heterocycles. The zero-order valence-electron chi connectivity index (χ0n) is 20.5. The molecule has 1 aliphatic heterocycles. The maximum Gasteiger partial charge on any atom is 0.416 e. The van der Waals surface area contributed by atoms with Crippen LogP contribution in [0.5, 0.6) is 0 Å². The number of nitrogens with one attached hydrogen (secondary N) is 1. The van der Waals surface area contributed by atoms with Crippen molar-refractivity contribution in [2.75, 3.05) is 16.8 Å².